The Hall–Kier alpha value is -3.26. The number of thiazole rings is 1. The lowest BCUT2D eigenvalue weighted by atomic mass is 9.93. The Morgan fingerprint density at radius 3 is 2.58 bits per heavy atom. The number of fused-ring (bicyclic) bond motifs is 1. The van der Waals surface area contributed by atoms with Gasteiger partial charge >= 0.3 is 5.97 Å². The van der Waals surface area contributed by atoms with Gasteiger partial charge in [-0.05, 0) is 43.9 Å². The molecule has 0 fully saturated rings. The molecule has 33 heavy (non-hydrogen) atoms. The van der Waals surface area contributed by atoms with E-state index >= 15 is 0 Å². The van der Waals surface area contributed by atoms with E-state index in [0.29, 0.717) is 26.5 Å². The first-order valence-corrected chi connectivity index (χ1v) is 12.0. The second-order valence-corrected chi connectivity index (χ2v) is 9.26. The zero-order chi connectivity index (χ0) is 23.7. The molecule has 0 amide bonds. The lowest BCUT2D eigenvalue weighted by Crippen LogP contribution is -2.39. The van der Waals surface area contributed by atoms with Crippen LogP contribution in [0.4, 0.5) is 0 Å². The summed E-state index contributed by atoms with van der Waals surface area (Å²) in [5, 5.41) is 4.28. The monoisotopic (exact) mass is 464 g/mol. The summed E-state index contributed by atoms with van der Waals surface area (Å²) >= 11 is 1.32. The van der Waals surface area contributed by atoms with E-state index in [0.717, 1.165) is 17.7 Å². The van der Waals surface area contributed by atoms with Gasteiger partial charge in [0.2, 0.25) is 0 Å². The van der Waals surface area contributed by atoms with Crippen LogP contribution in [0.3, 0.4) is 0 Å². The molecule has 3 heterocycles. The van der Waals surface area contributed by atoms with Crippen molar-refractivity contribution in [2.24, 2.45) is 4.99 Å². The molecule has 0 aliphatic carbocycles. The third-order valence-electron chi connectivity index (χ3n) is 5.71. The smallest absolute Gasteiger partial charge is 0.338 e. The summed E-state index contributed by atoms with van der Waals surface area (Å²) in [7, 11) is 0. The third-order valence-corrected chi connectivity index (χ3v) is 6.69. The van der Waals surface area contributed by atoms with E-state index in [-0.39, 0.29) is 12.2 Å². The van der Waals surface area contributed by atoms with Gasteiger partial charge in [-0.3, -0.25) is 14.0 Å². The van der Waals surface area contributed by atoms with Crippen LogP contribution in [-0.2, 0) is 16.1 Å². The highest BCUT2D eigenvalue weighted by Gasteiger charge is 2.33. The Kier molecular flexibility index (Phi) is 6.47. The van der Waals surface area contributed by atoms with Gasteiger partial charge in [-0.15, -0.1) is 0 Å². The Labute approximate surface area is 196 Å². The van der Waals surface area contributed by atoms with E-state index in [1.165, 1.54) is 16.9 Å². The number of ether oxygens (including phenoxy) is 1. The van der Waals surface area contributed by atoms with Crippen molar-refractivity contribution in [3.8, 4) is 0 Å². The number of hydrogen-bond donors (Lipinski definition) is 0. The summed E-state index contributed by atoms with van der Waals surface area (Å²) in [6.45, 7) is 10.8. The summed E-state index contributed by atoms with van der Waals surface area (Å²) in [5.74, 6) is -0.0675. The fraction of sp³-hybridized carbons (Fsp3) is 0.360. The molecule has 0 saturated carbocycles. The van der Waals surface area contributed by atoms with Crippen molar-refractivity contribution in [2.75, 3.05) is 6.61 Å². The highest BCUT2D eigenvalue weighted by Crippen LogP contribution is 2.31. The van der Waals surface area contributed by atoms with Crippen molar-refractivity contribution in [3.05, 3.63) is 84.3 Å². The molecule has 0 N–H and O–H groups in total. The van der Waals surface area contributed by atoms with Crippen molar-refractivity contribution in [1.29, 1.82) is 0 Å². The van der Waals surface area contributed by atoms with E-state index in [2.05, 4.69) is 23.9 Å². The lowest BCUT2D eigenvalue weighted by molar-refractivity contribution is -0.139. The summed E-state index contributed by atoms with van der Waals surface area (Å²) in [6, 6.07) is 7.48. The van der Waals surface area contributed by atoms with Crippen molar-refractivity contribution >= 4 is 23.4 Å². The van der Waals surface area contributed by atoms with Gasteiger partial charge in [-0.1, -0.05) is 49.4 Å². The first-order chi connectivity index (χ1) is 15.8. The largest absolute Gasteiger partial charge is 0.463 e. The normalized spacial score (nSPS) is 16.2. The fourth-order valence-corrected chi connectivity index (χ4v) is 5.00. The number of carbonyl (C=O) groups excluding carboxylic acids is 1. The maximum Gasteiger partial charge on any atom is 0.338 e. The molecule has 3 aromatic rings. The van der Waals surface area contributed by atoms with Crippen molar-refractivity contribution in [1.82, 2.24) is 14.3 Å². The van der Waals surface area contributed by atoms with Crippen molar-refractivity contribution < 1.29 is 9.53 Å². The Morgan fingerprint density at radius 2 is 1.97 bits per heavy atom. The second kappa shape index (κ2) is 9.31. The van der Waals surface area contributed by atoms with Gasteiger partial charge in [0.05, 0.1) is 34.6 Å². The number of nitrogens with zero attached hydrogens (tertiary/aromatic N) is 4. The number of aromatic nitrogens is 3. The summed E-state index contributed by atoms with van der Waals surface area (Å²) in [5.41, 5.74) is 3.67. The second-order valence-electron chi connectivity index (χ2n) is 8.25. The van der Waals surface area contributed by atoms with E-state index in [1.807, 2.05) is 48.1 Å². The molecule has 0 bridgehead atoms. The quantitative estimate of drug-likeness (QED) is 0.525. The minimum atomic E-state index is -0.595. The van der Waals surface area contributed by atoms with Gasteiger partial charge in [0, 0.05) is 18.3 Å². The van der Waals surface area contributed by atoms with Gasteiger partial charge in [0.1, 0.15) is 0 Å². The van der Waals surface area contributed by atoms with Gasteiger partial charge in [-0.25, -0.2) is 9.79 Å². The molecular formula is C25H28N4O3S. The molecule has 2 aromatic heterocycles. The predicted molar refractivity (Wildman–Crippen MR) is 129 cm³/mol. The molecule has 0 spiro atoms. The van der Waals surface area contributed by atoms with Crippen LogP contribution in [0.1, 0.15) is 63.3 Å². The van der Waals surface area contributed by atoms with Crippen LogP contribution in [0.5, 0.6) is 0 Å². The average Bonchev–Trinajstić information content (AvgIpc) is 3.37. The minimum absolute atomic E-state index is 0.185. The highest BCUT2D eigenvalue weighted by atomic mass is 32.1. The van der Waals surface area contributed by atoms with Gasteiger partial charge < -0.3 is 4.74 Å². The van der Waals surface area contributed by atoms with Crippen LogP contribution >= 0.6 is 11.3 Å². The average molecular weight is 465 g/mol. The number of esters is 1. The Balaban J connectivity index is 1.91. The van der Waals surface area contributed by atoms with Crippen LogP contribution in [0.25, 0.3) is 6.08 Å². The van der Waals surface area contributed by atoms with Crippen LogP contribution in [0.15, 0.2) is 57.7 Å². The maximum absolute atomic E-state index is 13.6. The molecule has 1 atom stereocenters. The zero-order valence-corrected chi connectivity index (χ0v) is 20.3. The van der Waals surface area contributed by atoms with Crippen molar-refractivity contribution in [3.63, 3.8) is 0 Å². The molecule has 7 nitrogen and oxygen atoms in total. The Bertz CT molecular complexity index is 1390. The molecule has 0 radical (unpaired) electrons. The van der Waals surface area contributed by atoms with Crippen LogP contribution in [-0.4, -0.2) is 26.9 Å². The standard InChI is InChI=1S/C25H28N4O3S/c1-6-28-14-17(13-26-28)12-20-23(30)29-22(19-10-8-18(9-11-19)15(3)4)21(24(31)32-7-2)16(5)27-25(29)33-20/h8-15,22H,6-7H2,1-5H3/b20-12+/t22-/m1/s1. The number of aryl methyl sites for hydroxylation is 1. The zero-order valence-electron chi connectivity index (χ0n) is 19.5. The highest BCUT2D eigenvalue weighted by molar-refractivity contribution is 7.07. The van der Waals surface area contributed by atoms with E-state index in [9.17, 15) is 9.59 Å². The number of benzene rings is 1. The number of hydrogen-bond acceptors (Lipinski definition) is 6. The number of carbonyl (C=O) groups is 1. The third kappa shape index (κ3) is 4.35. The molecule has 4 rings (SSSR count). The van der Waals surface area contributed by atoms with E-state index in [1.54, 1.807) is 24.6 Å². The van der Waals surface area contributed by atoms with Gasteiger partial charge in [0.25, 0.3) is 5.56 Å². The Morgan fingerprint density at radius 1 is 1.24 bits per heavy atom. The van der Waals surface area contributed by atoms with Crippen LogP contribution in [0, 0.1) is 0 Å². The van der Waals surface area contributed by atoms with E-state index < -0.39 is 12.0 Å². The topological polar surface area (TPSA) is 78.5 Å². The van der Waals surface area contributed by atoms with Crippen LogP contribution in [0.2, 0.25) is 0 Å². The summed E-state index contributed by atoms with van der Waals surface area (Å²) in [6.07, 6.45) is 5.46. The molecule has 1 aromatic carbocycles. The van der Waals surface area contributed by atoms with Gasteiger partial charge in [-0.2, -0.15) is 5.10 Å². The molecule has 0 unspecified atom stereocenters. The predicted octanol–water partition coefficient (Wildman–Crippen LogP) is 3.14. The maximum atomic E-state index is 13.6. The first-order valence-electron chi connectivity index (χ1n) is 11.2. The van der Waals surface area contributed by atoms with Gasteiger partial charge in [0.15, 0.2) is 4.80 Å². The molecular weight excluding hydrogens is 436 g/mol. The molecule has 1 aliphatic heterocycles. The first kappa shape index (κ1) is 22.9. The molecule has 1 aliphatic rings. The van der Waals surface area contributed by atoms with Crippen molar-refractivity contribution in [2.45, 2.75) is 53.1 Å². The molecule has 0 saturated heterocycles. The van der Waals surface area contributed by atoms with E-state index in [4.69, 9.17) is 4.74 Å². The fourth-order valence-electron chi connectivity index (χ4n) is 3.95. The summed E-state index contributed by atoms with van der Waals surface area (Å²) in [4.78, 5) is 31.7. The number of rotatable bonds is 6. The number of allylic oxidation sites excluding steroid dienone is 1. The van der Waals surface area contributed by atoms with Crippen LogP contribution < -0.4 is 14.9 Å². The SMILES string of the molecule is CCOC(=O)C1=C(C)N=c2s/c(=C/c3cnn(CC)c3)c(=O)n2[C@@H]1c1ccc(C(C)C)cc1. The lowest BCUT2D eigenvalue weighted by Gasteiger charge is -2.25. The molecule has 8 heteroatoms. The summed E-state index contributed by atoms with van der Waals surface area (Å²) < 4.78 is 9.32. The molecule has 172 valence electrons. The minimum Gasteiger partial charge on any atom is -0.463 e.